The number of benzene rings is 1. The molecule has 0 aromatic heterocycles. The number of nitrogens with zero attached hydrogens (tertiary/aromatic N) is 2. The predicted octanol–water partition coefficient (Wildman–Crippen LogP) is -0.257. The molecule has 1 aromatic rings. The van der Waals surface area contributed by atoms with Crippen LogP contribution in [-0.2, 0) is 0 Å². The number of hydrogen-bond acceptors (Lipinski definition) is 3. The quantitative estimate of drug-likeness (QED) is 0.638. The SMILES string of the molecule is Cl.N#CC1(N)C=c2ccccc2=NC1. The van der Waals surface area contributed by atoms with Crippen molar-refractivity contribution in [3.8, 4) is 6.07 Å². The molecule has 1 atom stereocenters. The van der Waals surface area contributed by atoms with Crippen molar-refractivity contribution in [1.82, 2.24) is 0 Å². The largest absolute Gasteiger partial charge is 0.309 e. The number of nitrogens with two attached hydrogens (primary N) is 1. The van der Waals surface area contributed by atoms with E-state index in [1.807, 2.05) is 30.3 Å². The first-order valence-corrected chi connectivity index (χ1v) is 4.06. The highest BCUT2D eigenvalue weighted by molar-refractivity contribution is 5.85. The Balaban J connectivity index is 0.000000980. The third kappa shape index (κ3) is 1.77. The normalized spacial score (nSPS) is 23.1. The minimum atomic E-state index is -0.922. The van der Waals surface area contributed by atoms with Gasteiger partial charge < -0.3 is 5.73 Å². The van der Waals surface area contributed by atoms with Crippen molar-refractivity contribution < 1.29 is 0 Å². The Labute approximate surface area is 88.0 Å². The van der Waals surface area contributed by atoms with E-state index < -0.39 is 5.54 Å². The van der Waals surface area contributed by atoms with E-state index in [1.54, 1.807) is 6.08 Å². The van der Waals surface area contributed by atoms with Gasteiger partial charge in [0.25, 0.3) is 0 Å². The number of halogens is 1. The Bertz CT molecular complexity index is 489. The molecule has 72 valence electrons. The van der Waals surface area contributed by atoms with Crippen LogP contribution in [0.2, 0.25) is 0 Å². The summed E-state index contributed by atoms with van der Waals surface area (Å²) >= 11 is 0. The number of rotatable bonds is 0. The summed E-state index contributed by atoms with van der Waals surface area (Å²) in [6.45, 7) is 0.348. The molecule has 0 amide bonds. The van der Waals surface area contributed by atoms with Crippen LogP contribution in [0.1, 0.15) is 0 Å². The van der Waals surface area contributed by atoms with E-state index in [0.717, 1.165) is 10.6 Å². The van der Waals surface area contributed by atoms with Crippen LogP contribution in [0.15, 0.2) is 29.3 Å². The van der Waals surface area contributed by atoms with Gasteiger partial charge in [-0.25, -0.2) is 0 Å². The van der Waals surface area contributed by atoms with Gasteiger partial charge in [0.15, 0.2) is 0 Å². The molecular weight excluding hydrogens is 198 g/mol. The molecule has 0 spiro atoms. The number of para-hydroxylation sites is 1. The van der Waals surface area contributed by atoms with Gasteiger partial charge >= 0.3 is 0 Å². The lowest BCUT2D eigenvalue weighted by Crippen LogP contribution is -2.46. The highest BCUT2D eigenvalue weighted by Gasteiger charge is 2.22. The summed E-state index contributed by atoms with van der Waals surface area (Å²) in [6, 6.07) is 9.72. The molecule has 14 heavy (non-hydrogen) atoms. The molecule has 2 N–H and O–H groups in total. The highest BCUT2D eigenvalue weighted by Crippen LogP contribution is 2.02. The molecule has 1 aliphatic heterocycles. The second kappa shape index (κ2) is 3.79. The van der Waals surface area contributed by atoms with Crippen LogP contribution >= 0.6 is 12.4 Å². The fraction of sp³-hybridized carbons (Fsp3) is 0.200. The van der Waals surface area contributed by atoms with Crippen molar-refractivity contribution in [3.05, 3.63) is 34.8 Å². The van der Waals surface area contributed by atoms with Crippen molar-refractivity contribution in [2.24, 2.45) is 10.7 Å². The van der Waals surface area contributed by atoms with Crippen molar-refractivity contribution in [3.63, 3.8) is 0 Å². The monoisotopic (exact) mass is 207 g/mol. The van der Waals surface area contributed by atoms with Gasteiger partial charge in [0.2, 0.25) is 0 Å². The zero-order chi connectivity index (χ0) is 9.31. The van der Waals surface area contributed by atoms with Crippen LogP contribution in [-0.4, -0.2) is 12.1 Å². The molecule has 3 nitrogen and oxygen atoms in total. The second-order valence-corrected chi connectivity index (χ2v) is 3.17. The molecule has 0 saturated carbocycles. The molecule has 1 aliphatic rings. The highest BCUT2D eigenvalue weighted by atomic mass is 35.5. The molecule has 1 aromatic carbocycles. The minimum absolute atomic E-state index is 0. The summed E-state index contributed by atoms with van der Waals surface area (Å²) in [5.74, 6) is 0. The predicted molar refractivity (Wildman–Crippen MR) is 56.3 cm³/mol. The third-order valence-corrected chi connectivity index (χ3v) is 2.07. The van der Waals surface area contributed by atoms with Gasteiger partial charge in [0.05, 0.1) is 18.0 Å². The van der Waals surface area contributed by atoms with Crippen molar-refractivity contribution in [1.29, 1.82) is 5.26 Å². The van der Waals surface area contributed by atoms with Crippen molar-refractivity contribution in [2.45, 2.75) is 5.54 Å². The molecule has 0 bridgehead atoms. The molecule has 4 heteroatoms. The number of nitriles is 1. The number of fused-ring (bicyclic) bond motifs is 1. The maximum absolute atomic E-state index is 8.81. The van der Waals surface area contributed by atoms with Gasteiger partial charge in [-0.2, -0.15) is 5.26 Å². The first kappa shape index (κ1) is 10.7. The molecule has 1 unspecified atom stereocenters. The van der Waals surface area contributed by atoms with E-state index in [4.69, 9.17) is 11.0 Å². The van der Waals surface area contributed by atoms with E-state index >= 15 is 0 Å². The third-order valence-electron chi connectivity index (χ3n) is 2.07. The zero-order valence-corrected chi connectivity index (χ0v) is 8.29. The zero-order valence-electron chi connectivity index (χ0n) is 7.47. The molecular formula is C10H10ClN3. The van der Waals surface area contributed by atoms with Gasteiger partial charge in [0.1, 0.15) is 5.54 Å². The first-order chi connectivity index (χ1) is 6.23. The summed E-state index contributed by atoms with van der Waals surface area (Å²) in [6.07, 6.45) is 1.77. The summed E-state index contributed by atoms with van der Waals surface area (Å²) in [4.78, 5) is 4.24. The van der Waals surface area contributed by atoms with Gasteiger partial charge in [-0.3, -0.25) is 4.99 Å². The van der Waals surface area contributed by atoms with Crippen molar-refractivity contribution >= 4 is 18.5 Å². The van der Waals surface area contributed by atoms with E-state index in [9.17, 15) is 0 Å². The lowest BCUT2D eigenvalue weighted by atomic mass is 9.99. The first-order valence-electron chi connectivity index (χ1n) is 4.06. The average Bonchev–Trinajstić information content (AvgIpc) is 2.18. The van der Waals surface area contributed by atoms with E-state index in [2.05, 4.69) is 4.99 Å². The van der Waals surface area contributed by atoms with Crippen LogP contribution in [0.25, 0.3) is 6.08 Å². The van der Waals surface area contributed by atoms with Crippen molar-refractivity contribution in [2.75, 3.05) is 6.54 Å². The topological polar surface area (TPSA) is 62.2 Å². The molecule has 0 aliphatic carbocycles. The van der Waals surface area contributed by atoms with Gasteiger partial charge in [-0.1, -0.05) is 18.2 Å². The summed E-state index contributed by atoms with van der Waals surface area (Å²) in [7, 11) is 0. The maximum Gasteiger partial charge on any atom is 0.143 e. The van der Waals surface area contributed by atoms with E-state index in [-0.39, 0.29) is 12.4 Å². The second-order valence-electron chi connectivity index (χ2n) is 3.17. The Morgan fingerprint density at radius 2 is 2.14 bits per heavy atom. The fourth-order valence-electron chi connectivity index (χ4n) is 1.36. The van der Waals surface area contributed by atoms with Gasteiger partial charge in [-0.15, -0.1) is 12.4 Å². The summed E-state index contributed by atoms with van der Waals surface area (Å²) in [5, 5.41) is 10.7. The Kier molecular flexibility index (Phi) is 2.90. The van der Waals surface area contributed by atoms with Crippen LogP contribution in [0.4, 0.5) is 0 Å². The maximum atomic E-state index is 8.81. The lowest BCUT2D eigenvalue weighted by molar-refractivity contribution is 0.692. The number of hydrogen-bond donors (Lipinski definition) is 1. The minimum Gasteiger partial charge on any atom is -0.309 e. The fourth-order valence-corrected chi connectivity index (χ4v) is 1.36. The molecule has 0 radical (unpaired) electrons. The smallest absolute Gasteiger partial charge is 0.143 e. The molecule has 0 saturated heterocycles. The summed E-state index contributed by atoms with van der Waals surface area (Å²) < 4.78 is 0. The van der Waals surface area contributed by atoms with E-state index in [0.29, 0.717) is 6.54 Å². The Morgan fingerprint density at radius 3 is 2.86 bits per heavy atom. The lowest BCUT2D eigenvalue weighted by Gasteiger charge is -2.16. The molecule has 0 fully saturated rings. The van der Waals surface area contributed by atoms with Crippen LogP contribution in [0, 0.1) is 11.3 Å². The molecule has 2 rings (SSSR count). The average molecular weight is 208 g/mol. The summed E-state index contributed by atoms with van der Waals surface area (Å²) in [5.41, 5.74) is 4.84. The van der Waals surface area contributed by atoms with E-state index in [1.165, 1.54) is 0 Å². The van der Waals surface area contributed by atoms with Crippen LogP contribution in [0.5, 0.6) is 0 Å². The molecule has 1 heterocycles. The Morgan fingerprint density at radius 1 is 1.43 bits per heavy atom. The van der Waals surface area contributed by atoms with Crippen LogP contribution < -0.4 is 16.3 Å². The Hall–Kier alpha value is -1.37. The van der Waals surface area contributed by atoms with Gasteiger partial charge in [0, 0.05) is 0 Å². The van der Waals surface area contributed by atoms with Gasteiger partial charge in [-0.05, 0) is 17.4 Å². The standard InChI is InChI=1S/C10H9N3.ClH/c11-6-10(12)5-8-3-1-2-4-9(8)13-7-10;/h1-5H,7,12H2;1H. The van der Waals surface area contributed by atoms with Crippen LogP contribution in [0.3, 0.4) is 0 Å².